The number of ether oxygens (including phenoxy) is 1. The van der Waals surface area contributed by atoms with Crippen LogP contribution in [0.5, 0.6) is 5.75 Å². The Hall–Kier alpha value is -3.29. The third kappa shape index (κ3) is 3.79. The Morgan fingerprint density at radius 1 is 1.28 bits per heavy atom. The van der Waals surface area contributed by atoms with Crippen molar-refractivity contribution in [2.24, 2.45) is 5.10 Å². The van der Waals surface area contributed by atoms with E-state index in [0.29, 0.717) is 30.0 Å². The maximum absolute atomic E-state index is 13.1. The second-order valence-electron chi connectivity index (χ2n) is 5.31. The number of benzene rings is 1. The number of carbonyl (C=O) groups excluding carboxylic acids is 2. The average Bonchev–Trinajstić information content (AvgIpc) is 2.62. The Morgan fingerprint density at radius 2 is 2.12 bits per heavy atom. The molecular weight excluding hydrogens is 327 g/mol. The summed E-state index contributed by atoms with van der Waals surface area (Å²) in [5.74, 6) is -0.886. The molecular formula is C17H15FN4O3. The van der Waals surface area contributed by atoms with Gasteiger partial charge in [-0.05, 0) is 24.3 Å². The number of hydrogen-bond donors (Lipinski definition) is 2. The molecule has 0 atom stereocenters. The van der Waals surface area contributed by atoms with Crippen LogP contribution in [0.2, 0.25) is 0 Å². The van der Waals surface area contributed by atoms with Gasteiger partial charge in [0, 0.05) is 30.2 Å². The van der Waals surface area contributed by atoms with Crippen molar-refractivity contribution in [2.45, 2.75) is 12.8 Å². The predicted octanol–water partition coefficient (Wildman–Crippen LogP) is 2.10. The molecule has 128 valence electrons. The van der Waals surface area contributed by atoms with Gasteiger partial charge < -0.3 is 10.1 Å². The van der Waals surface area contributed by atoms with Crippen molar-refractivity contribution in [3.8, 4) is 5.75 Å². The Morgan fingerprint density at radius 3 is 2.80 bits per heavy atom. The molecule has 1 aromatic carbocycles. The molecule has 2 N–H and O–H groups in total. The van der Waals surface area contributed by atoms with Crippen molar-refractivity contribution in [1.82, 2.24) is 10.4 Å². The van der Waals surface area contributed by atoms with Crippen LogP contribution < -0.4 is 15.5 Å². The van der Waals surface area contributed by atoms with Gasteiger partial charge in [0.1, 0.15) is 11.4 Å². The van der Waals surface area contributed by atoms with E-state index in [4.69, 9.17) is 4.74 Å². The normalized spacial score (nSPS) is 13.7. The van der Waals surface area contributed by atoms with Crippen molar-refractivity contribution in [2.75, 3.05) is 12.4 Å². The number of pyridine rings is 1. The van der Waals surface area contributed by atoms with Crippen LogP contribution in [0.4, 0.5) is 10.1 Å². The number of amides is 2. The Bertz CT molecular complexity index is 867. The highest BCUT2D eigenvalue weighted by Gasteiger charge is 2.18. The molecule has 0 fully saturated rings. The summed E-state index contributed by atoms with van der Waals surface area (Å²) in [7, 11) is 1.50. The molecule has 2 amide bonds. The third-order valence-corrected chi connectivity index (χ3v) is 3.62. The van der Waals surface area contributed by atoms with Gasteiger partial charge in [-0.15, -0.1) is 0 Å². The van der Waals surface area contributed by atoms with Gasteiger partial charge in [0.05, 0.1) is 12.8 Å². The van der Waals surface area contributed by atoms with E-state index in [9.17, 15) is 14.0 Å². The van der Waals surface area contributed by atoms with Crippen molar-refractivity contribution in [1.29, 1.82) is 0 Å². The topological polar surface area (TPSA) is 92.7 Å². The highest BCUT2D eigenvalue weighted by Crippen LogP contribution is 2.26. The molecule has 1 aliphatic rings. The van der Waals surface area contributed by atoms with Crippen LogP contribution in [0.15, 0.2) is 41.5 Å². The van der Waals surface area contributed by atoms with Crippen LogP contribution in [-0.4, -0.2) is 29.6 Å². The van der Waals surface area contributed by atoms with Gasteiger partial charge >= 0.3 is 0 Å². The molecule has 0 aliphatic carbocycles. The van der Waals surface area contributed by atoms with Crippen LogP contribution in [0, 0.1) is 5.95 Å². The number of nitrogens with zero attached hydrogens (tertiary/aromatic N) is 2. The number of rotatable bonds is 4. The number of nitrogens with one attached hydrogen (secondary N) is 2. The monoisotopic (exact) mass is 342 g/mol. The zero-order valence-electron chi connectivity index (χ0n) is 13.4. The molecule has 25 heavy (non-hydrogen) atoms. The molecule has 0 bridgehead atoms. The molecule has 2 heterocycles. The molecule has 1 aliphatic heterocycles. The second-order valence-corrected chi connectivity index (χ2v) is 5.31. The summed E-state index contributed by atoms with van der Waals surface area (Å²) in [6.45, 7) is 0. The lowest BCUT2D eigenvalue weighted by molar-refractivity contribution is -0.121. The predicted molar refractivity (Wildman–Crippen MR) is 89.1 cm³/mol. The van der Waals surface area contributed by atoms with Crippen molar-refractivity contribution in [3.05, 3.63) is 53.6 Å². The van der Waals surface area contributed by atoms with E-state index in [1.165, 1.54) is 19.2 Å². The van der Waals surface area contributed by atoms with Gasteiger partial charge in [-0.2, -0.15) is 9.49 Å². The number of hydrogen-bond acceptors (Lipinski definition) is 5. The number of methoxy groups -OCH3 is 1. The van der Waals surface area contributed by atoms with Crippen molar-refractivity contribution >= 4 is 23.2 Å². The fourth-order valence-electron chi connectivity index (χ4n) is 2.41. The standard InChI is InChI=1S/C17H15FN4O3/c1-25-14-9-10(19-17(24)13-3-2-4-15(18)20-13)5-6-11(14)12-7-8-16(23)22-21-12/h2-6,9H,7-8H2,1H3,(H,19,24)(H,22,23). The van der Waals surface area contributed by atoms with Gasteiger partial charge in [-0.3, -0.25) is 9.59 Å². The summed E-state index contributed by atoms with van der Waals surface area (Å²) < 4.78 is 18.5. The number of aromatic nitrogens is 1. The molecule has 0 saturated carbocycles. The minimum absolute atomic E-state index is 0.0255. The molecule has 2 aromatic rings. The largest absolute Gasteiger partial charge is 0.496 e. The van der Waals surface area contributed by atoms with Gasteiger partial charge in [0.2, 0.25) is 11.9 Å². The number of halogens is 1. The first-order valence-corrected chi connectivity index (χ1v) is 7.54. The zero-order valence-corrected chi connectivity index (χ0v) is 13.4. The maximum atomic E-state index is 13.1. The fraction of sp³-hybridized carbons (Fsp3) is 0.176. The smallest absolute Gasteiger partial charge is 0.274 e. The summed E-state index contributed by atoms with van der Waals surface area (Å²) in [6.07, 6.45) is 0.854. The summed E-state index contributed by atoms with van der Waals surface area (Å²) >= 11 is 0. The van der Waals surface area contributed by atoms with Crippen LogP contribution in [0.3, 0.4) is 0 Å². The fourth-order valence-corrected chi connectivity index (χ4v) is 2.41. The first-order chi connectivity index (χ1) is 12.1. The van der Waals surface area contributed by atoms with E-state index in [0.717, 1.165) is 11.6 Å². The molecule has 0 saturated heterocycles. The third-order valence-electron chi connectivity index (χ3n) is 3.62. The lowest BCUT2D eigenvalue weighted by Gasteiger charge is -2.16. The van der Waals surface area contributed by atoms with Crippen LogP contribution in [0.1, 0.15) is 28.9 Å². The van der Waals surface area contributed by atoms with Crippen molar-refractivity contribution < 1.29 is 18.7 Å². The van der Waals surface area contributed by atoms with Crippen LogP contribution >= 0.6 is 0 Å². The van der Waals surface area contributed by atoms with E-state index in [2.05, 4.69) is 20.8 Å². The van der Waals surface area contributed by atoms with E-state index in [1.807, 2.05) is 0 Å². The van der Waals surface area contributed by atoms with E-state index < -0.39 is 11.9 Å². The summed E-state index contributed by atoms with van der Waals surface area (Å²) in [5, 5.41) is 6.67. The summed E-state index contributed by atoms with van der Waals surface area (Å²) in [5.41, 5.74) is 4.30. The number of hydrazone groups is 1. The lowest BCUT2D eigenvalue weighted by atomic mass is 10.0. The van der Waals surface area contributed by atoms with Crippen LogP contribution in [0.25, 0.3) is 0 Å². The average molecular weight is 342 g/mol. The maximum Gasteiger partial charge on any atom is 0.274 e. The highest BCUT2D eigenvalue weighted by molar-refractivity contribution is 6.07. The SMILES string of the molecule is COc1cc(NC(=O)c2cccc(F)n2)ccc1C1=NNC(=O)CC1. The molecule has 1 aromatic heterocycles. The number of carbonyl (C=O) groups is 2. The lowest BCUT2D eigenvalue weighted by Crippen LogP contribution is -2.26. The quantitative estimate of drug-likeness (QED) is 0.832. The second kappa shape index (κ2) is 7.08. The first kappa shape index (κ1) is 16.6. The number of anilines is 1. The minimum atomic E-state index is -0.724. The molecule has 8 heteroatoms. The summed E-state index contributed by atoms with van der Waals surface area (Å²) in [6, 6.07) is 9.04. The highest BCUT2D eigenvalue weighted by atomic mass is 19.1. The van der Waals surface area contributed by atoms with Gasteiger partial charge in [-0.25, -0.2) is 10.4 Å². The molecule has 3 rings (SSSR count). The van der Waals surface area contributed by atoms with Gasteiger partial charge in [0.25, 0.3) is 5.91 Å². The van der Waals surface area contributed by atoms with Crippen molar-refractivity contribution in [3.63, 3.8) is 0 Å². The van der Waals surface area contributed by atoms with Gasteiger partial charge in [0.15, 0.2) is 0 Å². The van der Waals surface area contributed by atoms with E-state index >= 15 is 0 Å². The van der Waals surface area contributed by atoms with E-state index in [1.54, 1.807) is 18.2 Å². The Labute approximate surface area is 142 Å². The molecule has 0 spiro atoms. The minimum Gasteiger partial charge on any atom is -0.496 e. The molecule has 7 nitrogen and oxygen atoms in total. The Kier molecular flexibility index (Phi) is 4.69. The molecule has 0 radical (unpaired) electrons. The van der Waals surface area contributed by atoms with Gasteiger partial charge in [-0.1, -0.05) is 6.07 Å². The van der Waals surface area contributed by atoms with E-state index in [-0.39, 0.29) is 11.6 Å². The first-order valence-electron chi connectivity index (χ1n) is 7.54. The molecule has 0 unspecified atom stereocenters. The van der Waals surface area contributed by atoms with Crippen LogP contribution in [-0.2, 0) is 4.79 Å². The Balaban J connectivity index is 1.82. The summed E-state index contributed by atoms with van der Waals surface area (Å²) in [4.78, 5) is 26.9. The zero-order chi connectivity index (χ0) is 17.8.